The van der Waals surface area contributed by atoms with Crippen LogP contribution in [0.2, 0.25) is 0 Å². The first kappa shape index (κ1) is 13.6. The van der Waals surface area contributed by atoms with Gasteiger partial charge in [-0.15, -0.1) is 0 Å². The molecule has 0 fully saturated rings. The zero-order valence-corrected chi connectivity index (χ0v) is 12.6. The molecule has 0 amide bonds. The van der Waals surface area contributed by atoms with Gasteiger partial charge in [-0.25, -0.2) is 8.91 Å². The second kappa shape index (κ2) is 5.01. The van der Waals surface area contributed by atoms with Gasteiger partial charge in [0.15, 0.2) is 0 Å². The van der Waals surface area contributed by atoms with Crippen molar-refractivity contribution >= 4 is 16.4 Å². The molecule has 0 aliphatic rings. The quantitative estimate of drug-likeness (QED) is 0.569. The lowest BCUT2D eigenvalue weighted by Crippen LogP contribution is -2.01. The second-order valence-corrected chi connectivity index (χ2v) is 5.22. The van der Waals surface area contributed by atoms with Crippen molar-refractivity contribution in [1.82, 2.24) is 19.6 Å². The molecule has 5 nitrogen and oxygen atoms in total. The number of pyridine rings is 1. The van der Waals surface area contributed by atoms with E-state index in [9.17, 15) is 4.39 Å². The normalized spacial score (nSPS) is 11.3. The van der Waals surface area contributed by atoms with E-state index in [0.29, 0.717) is 22.7 Å². The van der Waals surface area contributed by atoms with Crippen LogP contribution in [0.1, 0.15) is 5.82 Å². The third-order valence-electron chi connectivity index (χ3n) is 3.75. The lowest BCUT2D eigenvalue weighted by atomic mass is 10.0. The van der Waals surface area contributed by atoms with E-state index in [1.165, 1.54) is 6.07 Å². The molecule has 0 N–H and O–H groups in total. The average molecular weight is 308 g/mol. The molecule has 0 saturated carbocycles. The van der Waals surface area contributed by atoms with E-state index in [0.717, 1.165) is 16.5 Å². The lowest BCUT2D eigenvalue weighted by molar-refractivity contribution is 0.397. The smallest absolute Gasteiger partial charge is 0.242 e. The number of methoxy groups -OCH3 is 1. The highest BCUT2D eigenvalue weighted by Crippen LogP contribution is 2.33. The Balaban J connectivity index is 2.03. The standard InChI is InChI=1S/C17H13FN4O/c1-10-20-17(23-2)16-13(5-7-22(16)21-10)12-8-11-4-3-6-19-15(11)14(18)9-12/h3-9H,1-2H3. The number of benzene rings is 1. The minimum absolute atomic E-state index is 0.357. The predicted molar refractivity (Wildman–Crippen MR) is 85.0 cm³/mol. The summed E-state index contributed by atoms with van der Waals surface area (Å²) in [7, 11) is 1.56. The summed E-state index contributed by atoms with van der Waals surface area (Å²) in [5, 5.41) is 5.08. The summed E-state index contributed by atoms with van der Waals surface area (Å²) in [5.41, 5.74) is 2.61. The van der Waals surface area contributed by atoms with Crippen LogP contribution in [-0.4, -0.2) is 26.7 Å². The minimum Gasteiger partial charge on any atom is -0.479 e. The molecule has 4 aromatic rings. The van der Waals surface area contributed by atoms with Crippen LogP contribution in [0.3, 0.4) is 0 Å². The molecule has 0 saturated heterocycles. The fourth-order valence-corrected chi connectivity index (χ4v) is 2.78. The maximum atomic E-state index is 14.4. The molecule has 0 atom stereocenters. The fourth-order valence-electron chi connectivity index (χ4n) is 2.78. The molecule has 4 rings (SSSR count). The first-order valence-corrected chi connectivity index (χ1v) is 7.12. The minimum atomic E-state index is -0.357. The van der Waals surface area contributed by atoms with E-state index in [-0.39, 0.29) is 5.82 Å². The van der Waals surface area contributed by atoms with Crippen LogP contribution in [0, 0.1) is 12.7 Å². The molecule has 0 aliphatic carbocycles. The van der Waals surface area contributed by atoms with E-state index in [2.05, 4.69) is 15.1 Å². The van der Waals surface area contributed by atoms with Crippen LogP contribution in [0.25, 0.3) is 27.5 Å². The molecule has 3 aromatic heterocycles. The van der Waals surface area contributed by atoms with E-state index < -0.39 is 0 Å². The molecule has 0 unspecified atom stereocenters. The zero-order chi connectivity index (χ0) is 16.0. The number of hydrogen-bond donors (Lipinski definition) is 0. The summed E-state index contributed by atoms with van der Waals surface area (Å²) in [4.78, 5) is 8.38. The molecule has 0 bridgehead atoms. The molecule has 0 spiro atoms. The number of fused-ring (bicyclic) bond motifs is 2. The van der Waals surface area contributed by atoms with Gasteiger partial charge in [-0.3, -0.25) is 4.98 Å². The van der Waals surface area contributed by atoms with E-state index in [1.54, 1.807) is 30.8 Å². The van der Waals surface area contributed by atoms with Crippen molar-refractivity contribution in [2.24, 2.45) is 0 Å². The Bertz CT molecular complexity index is 1040. The molecule has 114 valence electrons. The zero-order valence-electron chi connectivity index (χ0n) is 12.6. The molecule has 3 heterocycles. The van der Waals surface area contributed by atoms with Crippen LogP contribution < -0.4 is 4.74 Å². The van der Waals surface area contributed by atoms with Gasteiger partial charge in [0.1, 0.15) is 22.7 Å². The molecule has 6 heteroatoms. The molecule has 0 aliphatic heterocycles. The number of rotatable bonds is 2. The topological polar surface area (TPSA) is 52.3 Å². The van der Waals surface area contributed by atoms with Crippen LogP contribution in [-0.2, 0) is 0 Å². The molecule has 1 aromatic carbocycles. The number of ether oxygens (including phenoxy) is 1. The number of aryl methyl sites for hydroxylation is 1. The molecular formula is C17H13FN4O. The third kappa shape index (κ3) is 2.11. The Morgan fingerprint density at radius 1 is 1.22 bits per heavy atom. The van der Waals surface area contributed by atoms with Crippen molar-refractivity contribution in [2.75, 3.05) is 7.11 Å². The average Bonchev–Trinajstić information content (AvgIpc) is 2.97. The number of hydrogen-bond acceptors (Lipinski definition) is 4. The first-order chi connectivity index (χ1) is 11.2. The maximum absolute atomic E-state index is 14.4. The number of halogens is 1. The molecular weight excluding hydrogens is 295 g/mol. The Morgan fingerprint density at radius 3 is 2.91 bits per heavy atom. The number of nitrogens with zero attached hydrogens (tertiary/aromatic N) is 4. The largest absolute Gasteiger partial charge is 0.479 e. The molecule has 0 radical (unpaired) electrons. The van der Waals surface area contributed by atoms with Gasteiger partial charge in [0.2, 0.25) is 5.88 Å². The second-order valence-electron chi connectivity index (χ2n) is 5.22. The highest BCUT2D eigenvalue weighted by Gasteiger charge is 2.15. The van der Waals surface area contributed by atoms with E-state index >= 15 is 0 Å². The SMILES string of the molecule is COc1nc(C)nn2ccc(-c3cc(F)c4ncccc4c3)c12. The van der Waals surface area contributed by atoms with Crippen LogP contribution >= 0.6 is 0 Å². The summed E-state index contributed by atoms with van der Waals surface area (Å²) in [6.45, 7) is 1.79. The monoisotopic (exact) mass is 308 g/mol. The fraction of sp³-hybridized carbons (Fsp3) is 0.118. The van der Waals surface area contributed by atoms with E-state index in [4.69, 9.17) is 4.74 Å². The van der Waals surface area contributed by atoms with Gasteiger partial charge in [0.25, 0.3) is 0 Å². The Kier molecular flexibility index (Phi) is 2.97. The summed E-state index contributed by atoms with van der Waals surface area (Å²) < 4.78 is 21.4. The van der Waals surface area contributed by atoms with Crippen molar-refractivity contribution in [1.29, 1.82) is 0 Å². The van der Waals surface area contributed by atoms with Crippen LogP contribution in [0.5, 0.6) is 5.88 Å². The molecule has 23 heavy (non-hydrogen) atoms. The third-order valence-corrected chi connectivity index (χ3v) is 3.75. The highest BCUT2D eigenvalue weighted by molar-refractivity contribution is 5.90. The summed E-state index contributed by atoms with van der Waals surface area (Å²) >= 11 is 0. The van der Waals surface area contributed by atoms with Crippen LogP contribution in [0.4, 0.5) is 4.39 Å². The van der Waals surface area contributed by atoms with Gasteiger partial charge in [-0.1, -0.05) is 6.07 Å². The van der Waals surface area contributed by atoms with Gasteiger partial charge in [0.05, 0.1) is 7.11 Å². The van der Waals surface area contributed by atoms with Gasteiger partial charge >= 0.3 is 0 Å². The van der Waals surface area contributed by atoms with Crippen molar-refractivity contribution in [3.63, 3.8) is 0 Å². The summed E-state index contributed by atoms with van der Waals surface area (Å²) in [6, 6.07) is 8.88. The van der Waals surface area contributed by atoms with Gasteiger partial charge in [-0.2, -0.15) is 10.1 Å². The number of aromatic nitrogens is 4. The van der Waals surface area contributed by atoms with E-state index in [1.807, 2.05) is 24.4 Å². The predicted octanol–water partition coefficient (Wildman–Crippen LogP) is 3.40. The van der Waals surface area contributed by atoms with Gasteiger partial charge in [0, 0.05) is 23.3 Å². The van der Waals surface area contributed by atoms with Crippen molar-refractivity contribution < 1.29 is 9.13 Å². The van der Waals surface area contributed by atoms with Crippen LogP contribution in [0.15, 0.2) is 42.7 Å². The lowest BCUT2D eigenvalue weighted by Gasteiger charge is -2.07. The Labute approximate surface area is 131 Å². The summed E-state index contributed by atoms with van der Waals surface area (Å²) in [6.07, 6.45) is 3.39. The summed E-state index contributed by atoms with van der Waals surface area (Å²) in [5.74, 6) is 0.707. The first-order valence-electron chi connectivity index (χ1n) is 7.12. The van der Waals surface area contributed by atoms with Gasteiger partial charge in [-0.05, 0) is 36.8 Å². The van der Waals surface area contributed by atoms with Crippen molar-refractivity contribution in [3.8, 4) is 17.0 Å². The Morgan fingerprint density at radius 2 is 2.09 bits per heavy atom. The van der Waals surface area contributed by atoms with Gasteiger partial charge < -0.3 is 4.74 Å². The van der Waals surface area contributed by atoms with Crippen molar-refractivity contribution in [2.45, 2.75) is 6.92 Å². The Hall–Kier alpha value is -3.02. The highest BCUT2D eigenvalue weighted by atomic mass is 19.1. The van der Waals surface area contributed by atoms with Crippen molar-refractivity contribution in [3.05, 3.63) is 54.4 Å². The maximum Gasteiger partial charge on any atom is 0.242 e.